The Morgan fingerprint density at radius 3 is 2.62 bits per heavy atom. The van der Waals surface area contributed by atoms with Crippen molar-refractivity contribution in [3.8, 4) is 0 Å². The zero-order valence-electron chi connectivity index (χ0n) is 14.7. The topological polar surface area (TPSA) is 85.5 Å². The summed E-state index contributed by atoms with van der Waals surface area (Å²) in [5, 5.41) is 0.913. The number of nitrogens with two attached hydrogens (primary N) is 1. The molecule has 2 N–H and O–H groups in total. The number of nitrogens with zero attached hydrogens (tertiary/aromatic N) is 2. The Balaban J connectivity index is 1.54. The number of hydrogen-bond acceptors (Lipinski definition) is 4. The average molecular weight is 353 g/mol. The van der Waals surface area contributed by atoms with Crippen LogP contribution in [0.25, 0.3) is 10.9 Å². The minimum atomic E-state index is -0.448. The van der Waals surface area contributed by atoms with Gasteiger partial charge in [-0.05, 0) is 37.8 Å². The van der Waals surface area contributed by atoms with Crippen molar-refractivity contribution in [2.75, 3.05) is 19.7 Å². The van der Waals surface area contributed by atoms with Gasteiger partial charge in [-0.15, -0.1) is 0 Å². The first-order valence-corrected chi connectivity index (χ1v) is 9.23. The molecule has 136 valence electrons. The van der Waals surface area contributed by atoms with Crippen molar-refractivity contribution in [2.45, 2.75) is 37.7 Å². The number of amides is 2. The van der Waals surface area contributed by atoms with E-state index in [-0.39, 0.29) is 17.9 Å². The SMILES string of the molecule is NC(=O)c1cc2ccccc2nc1C1CCN(C(=O)[C@H]2CCCO2)CC1. The summed E-state index contributed by atoms with van der Waals surface area (Å²) in [5.41, 5.74) is 7.73. The Morgan fingerprint density at radius 1 is 1.15 bits per heavy atom. The second-order valence-corrected chi connectivity index (χ2v) is 7.08. The van der Waals surface area contributed by atoms with Gasteiger partial charge in [0.05, 0.1) is 16.8 Å². The number of ether oxygens (including phenoxy) is 1. The predicted molar refractivity (Wildman–Crippen MR) is 97.8 cm³/mol. The third kappa shape index (κ3) is 3.17. The number of likely N-dealkylation sites (tertiary alicyclic amines) is 1. The first kappa shape index (κ1) is 17.0. The van der Waals surface area contributed by atoms with Gasteiger partial charge in [0.1, 0.15) is 6.10 Å². The lowest BCUT2D eigenvalue weighted by Crippen LogP contribution is -2.43. The average Bonchev–Trinajstić information content (AvgIpc) is 3.21. The third-order valence-corrected chi connectivity index (χ3v) is 5.42. The molecule has 26 heavy (non-hydrogen) atoms. The fraction of sp³-hybridized carbons (Fsp3) is 0.450. The van der Waals surface area contributed by atoms with E-state index >= 15 is 0 Å². The number of aromatic nitrogens is 1. The maximum absolute atomic E-state index is 12.5. The molecular formula is C20H23N3O3. The standard InChI is InChI=1S/C20H23N3O3/c21-19(24)15-12-14-4-1-2-5-16(14)22-18(15)13-7-9-23(10-8-13)20(25)17-6-3-11-26-17/h1-2,4-5,12-13,17H,3,6-11H2,(H2,21,24)/t17-/m1/s1. The molecule has 0 spiro atoms. The summed E-state index contributed by atoms with van der Waals surface area (Å²) in [6.45, 7) is 2.00. The molecule has 0 saturated carbocycles. The van der Waals surface area contributed by atoms with Gasteiger partial charge in [0.15, 0.2) is 0 Å². The normalized spacial score (nSPS) is 21.2. The molecule has 1 atom stereocenters. The molecule has 4 rings (SSSR count). The van der Waals surface area contributed by atoms with Gasteiger partial charge in [0.25, 0.3) is 11.8 Å². The van der Waals surface area contributed by atoms with E-state index in [0.29, 0.717) is 25.3 Å². The van der Waals surface area contributed by atoms with Crippen molar-refractivity contribution in [2.24, 2.45) is 5.73 Å². The second kappa shape index (κ2) is 7.03. The van der Waals surface area contributed by atoms with Gasteiger partial charge in [0, 0.05) is 31.0 Å². The number of primary amides is 1. The van der Waals surface area contributed by atoms with Crippen LogP contribution in [0.15, 0.2) is 30.3 Å². The van der Waals surface area contributed by atoms with Crippen LogP contribution >= 0.6 is 0 Å². The van der Waals surface area contributed by atoms with Crippen molar-refractivity contribution in [1.82, 2.24) is 9.88 Å². The number of benzene rings is 1. The van der Waals surface area contributed by atoms with Gasteiger partial charge in [0.2, 0.25) is 0 Å². The first-order valence-electron chi connectivity index (χ1n) is 9.23. The molecule has 2 aliphatic rings. The molecule has 0 bridgehead atoms. The fourth-order valence-electron chi connectivity index (χ4n) is 3.99. The Kier molecular flexibility index (Phi) is 4.59. The van der Waals surface area contributed by atoms with Crippen LogP contribution in [-0.4, -0.2) is 47.5 Å². The molecule has 0 radical (unpaired) electrons. The number of fused-ring (bicyclic) bond motifs is 1. The van der Waals surface area contributed by atoms with E-state index in [2.05, 4.69) is 0 Å². The minimum absolute atomic E-state index is 0.0996. The molecule has 6 heteroatoms. The van der Waals surface area contributed by atoms with Crippen LogP contribution < -0.4 is 5.73 Å². The highest BCUT2D eigenvalue weighted by Crippen LogP contribution is 2.31. The highest BCUT2D eigenvalue weighted by atomic mass is 16.5. The summed E-state index contributed by atoms with van der Waals surface area (Å²) < 4.78 is 5.51. The summed E-state index contributed by atoms with van der Waals surface area (Å²) in [4.78, 5) is 31.1. The molecule has 2 aliphatic heterocycles. The van der Waals surface area contributed by atoms with E-state index in [1.165, 1.54) is 0 Å². The highest BCUT2D eigenvalue weighted by Gasteiger charge is 2.32. The number of pyridine rings is 1. The zero-order valence-corrected chi connectivity index (χ0v) is 14.7. The van der Waals surface area contributed by atoms with Crippen LogP contribution in [0, 0.1) is 0 Å². The number of hydrogen-bond donors (Lipinski definition) is 1. The molecular weight excluding hydrogens is 330 g/mol. The summed E-state index contributed by atoms with van der Waals surface area (Å²) in [6, 6.07) is 9.57. The van der Waals surface area contributed by atoms with Crippen molar-refractivity contribution >= 4 is 22.7 Å². The monoisotopic (exact) mass is 353 g/mol. The van der Waals surface area contributed by atoms with Crippen LogP contribution in [0.2, 0.25) is 0 Å². The van der Waals surface area contributed by atoms with E-state index in [1.54, 1.807) is 0 Å². The van der Waals surface area contributed by atoms with Gasteiger partial charge in [-0.25, -0.2) is 0 Å². The Bertz CT molecular complexity index is 837. The van der Waals surface area contributed by atoms with Crippen LogP contribution in [0.3, 0.4) is 0 Å². The van der Waals surface area contributed by atoms with Crippen molar-refractivity contribution < 1.29 is 14.3 Å². The Labute approximate surface area is 152 Å². The zero-order chi connectivity index (χ0) is 18.1. The molecule has 0 aliphatic carbocycles. The number of rotatable bonds is 3. The number of carbonyl (C=O) groups excluding carboxylic acids is 2. The van der Waals surface area contributed by atoms with Crippen LogP contribution in [0.4, 0.5) is 0 Å². The van der Waals surface area contributed by atoms with Crippen LogP contribution in [0.1, 0.15) is 47.7 Å². The molecule has 2 saturated heterocycles. The third-order valence-electron chi connectivity index (χ3n) is 5.42. The Morgan fingerprint density at radius 2 is 1.92 bits per heavy atom. The summed E-state index contributed by atoms with van der Waals surface area (Å²) in [5.74, 6) is -0.214. The first-order chi connectivity index (χ1) is 12.6. The molecule has 1 aromatic heterocycles. The van der Waals surface area contributed by atoms with E-state index in [1.807, 2.05) is 35.2 Å². The maximum Gasteiger partial charge on any atom is 0.251 e. The molecule has 6 nitrogen and oxygen atoms in total. The molecule has 2 aromatic rings. The van der Waals surface area contributed by atoms with Gasteiger partial charge in [-0.3, -0.25) is 14.6 Å². The van der Waals surface area contributed by atoms with E-state index < -0.39 is 5.91 Å². The number of piperidine rings is 1. The lowest BCUT2D eigenvalue weighted by molar-refractivity contribution is -0.142. The van der Waals surface area contributed by atoms with Gasteiger partial charge >= 0.3 is 0 Å². The minimum Gasteiger partial charge on any atom is -0.368 e. The van der Waals surface area contributed by atoms with Crippen LogP contribution in [0.5, 0.6) is 0 Å². The fourth-order valence-corrected chi connectivity index (χ4v) is 3.99. The molecule has 1 aromatic carbocycles. The summed E-state index contributed by atoms with van der Waals surface area (Å²) in [6.07, 6.45) is 3.06. The maximum atomic E-state index is 12.5. The lowest BCUT2D eigenvalue weighted by atomic mass is 9.89. The Hall–Kier alpha value is -2.47. The number of para-hydroxylation sites is 1. The van der Waals surface area contributed by atoms with E-state index in [4.69, 9.17) is 15.5 Å². The molecule has 0 unspecified atom stereocenters. The van der Waals surface area contributed by atoms with Gasteiger partial charge in [-0.1, -0.05) is 18.2 Å². The summed E-state index contributed by atoms with van der Waals surface area (Å²) in [7, 11) is 0. The van der Waals surface area contributed by atoms with Gasteiger partial charge in [-0.2, -0.15) is 0 Å². The van der Waals surface area contributed by atoms with Crippen molar-refractivity contribution in [1.29, 1.82) is 0 Å². The van der Waals surface area contributed by atoms with E-state index in [0.717, 1.165) is 42.3 Å². The second-order valence-electron chi connectivity index (χ2n) is 7.08. The largest absolute Gasteiger partial charge is 0.368 e. The van der Waals surface area contributed by atoms with Crippen molar-refractivity contribution in [3.63, 3.8) is 0 Å². The van der Waals surface area contributed by atoms with E-state index in [9.17, 15) is 9.59 Å². The predicted octanol–water partition coefficient (Wildman–Crippen LogP) is 2.22. The van der Waals surface area contributed by atoms with Crippen LogP contribution in [-0.2, 0) is 9.53 Å². The summed E-state index contributed by atoms with van der Waals surface area (Å²) >= 11 is 0. The highest BCUT2D eigenvalue weighted by molar-refractivity contribution is 5.97. The molecule has 2 fully saturated rings. The van der Waals surface area contributed by atoms with Crippen molar-refractivity contribution in [3.05, 3.63) is 41.6 Å². The van der Waals surface area contributed by atoms with Gasteiger partial charge < -0.3 is 15.4 Å². The smallest absolute Gasteiger partial charge is 0.251 e. The number of carbonyl (C=O) groups is 2. The molecule has 2 amide bonds. The lowest BCUT2D eigenvalue weighted by Gasteiger charge is -2.33. The molecule has 3 heterocycles. The quantitative estimate of drug-likeness (QED) is 0.917.